The van der Waals surface area contributed by atoms with Crippen molar-refractivity contribution in [2.24, 2.45) is 0 Å². The first-order valence-corrected chi connectivity index (χ1v) is 8.08. The Labute approximate surface area is 141 Å². The van der Waals surface area contributed by atoms with Gasteiger partial charge in [-0.25, -0.2) is 0 Å². The van der Waals surface area contributed by atoms with Gasteiger partial charge in [0.05, 0.1) is 11.5 Å². The molecule has 0 saturated carbocycles. The molecule has 1 atom stereocenters. The van der Waals surface area contributed by atoms with Gasteiger partial charge < -0.3 is 4.74 Å². The van der Waals surface area contributed by atoms with Crippen LogP contribution >= 0.6 is 0 Å². The lowest BCUT2D eigenvalue weighted by molar-refractivity contribution is -0.400. The Hall–Kier alpha value is -2.50. The van der Waals surface area contributed by atoms with E-state index in [-0.39, 0.29) is 6.23 Å². The molecular weight excluding hydrogens is 304 g/mol. The number of nitrogens with zero attached hydrogens (tertiary/aromatic N) is 1. The zero-order valence-electron chi connectivity index (χ0n) is 13.4. The maximum Gasteiger partial charge on any atom is 0.235 e. The minimum Gasteiger partial charge on any atom is -0.359 e. The largest absolute Gasteiger partial charge is 0.359 e. The van der Waals surface area contributed by atoms with Crippen molar-refractivity contribution in [2.75, 3.05) is 6.54 Å². The van der Waals surface area contributed by atoms with Crippen molar-refractivity contribution in [3.05, 3.63) is 76.0 Å². The van der Waals surface area contributed by atoms with Gasteiger partial charge in [-0.05, 0) is 41.6 Å². The van der Waals surface area contributed by atoms with E-state index in [4.69, 9.17) is 4.74 Å². The van der Waals surface area contributed by atoms with Crippen LogP contribution in [0.5, 0.6) is 0 Å². The summed E-state index contributed by atoms with van der Waals surface area (Å²) in [6.07, 6.45) is 4.79. The van der Waals surface area contributed by atoms with E-state index >= 15 is 0 Å². The van der Waals surface area contributed by atoms with Gasteiger partial charge in [0.1, 0.15) is 6.23 Å². The van der Waals surface area contributed by atoms with Crippen LogP contribution < -0.4 is 5.32 Å². The number of hydrogen-bond acceptors (Lipinski definition) is 4. The van der Waals surface area contributed by atoms with Crippen molar-refractivity contribution in [2.45, 2.75) is 25.7 Å². The summed E-state index contributed by atoms with van der Waals surface area (Å²) in [6, 6.07) is 15.7. The normalized spacial score (nSPS) is 17.4. The molecule has 0 bridgehead atoms. The topological polar surface area (TPSA) is 64.4 Å². The summed E-state index contributed by atoms with van der Waals surface area (Å²) >= 11 is 0. The van der Waals surface area contributed by atoms with Crippen LogP contribution in [0.1, 0.15) is 24.0 Å². The molecule has 5 nitrogen and oxygen atoms in total. The fourth-order valence-electron chi connectivity index (χ4n) is 2.92. The SMILES string of the molecule is O=[N+]([O-])C=Cc1ccccc1-c1ccccc1COC1CCCN1. The van der Waals surface area contributed by atoms with Gasteiger partial charge >= 0.3 is 0 Å². The summed E-state index contributed by atoms with van der Waals surface area (Å²) in [5.74, 6) is 0. The maximum absolute atomic E-state index is 10.6. The lowest BCUT2D eigenvalue weighted by Crippen LogP contribution is -2.24. The van der Waals surface area contributed by atoms with E-state index in [2.05, 4.69) is 5.32 Å². The van der Waals surface area contributed by atoms with Gasteiger partial charge in [0.15, 0.2) is 0 Å². The molecule has 2 aromatic rings. The monoisotopic (exact) mass is 324 g/mol. The van der Waals surface area contributed by atoms with Crippen molar-refractivity contribution in [3.63, 3.8) is 0 Å². The zero-order valence-corrected chi connectivity index (χ0v) is 13.4. The van der Waals surface area contributed by atoms with E-state index in [1.807, 2.05) is 48.5 Å². The highest BCUT2D eigenvalue weighted by molar-refractivity contribution is 5.77. The van der Waals surface area contributed by atoms with Crippen LogP contribution in [0, 0.1) is 10.1 Å². The fourth-order valence-corrected chi connectivity index (χ4v) is 2.92. The number of hydrogen-bond donors (Lipinski definition) is 1. The van der Waals surface area contributed by atoms with E-state index in [1.54, 1.807) is 0 Å². The summed E-state index contributed by atoms with van der Waals surface area (Å²) in [4.78, 5) is 10.2. The minimum atomic E-state index is -0.447. The van der Waals surface area contributed by atoms with Crippen LogP contribution in [-0.2, 0) is 11.3 Å². The molecular formula is C19H20N2O3. The third kappa shape index (κ3) is 4.07. The second-order valence-corrected chi connectivity index (χ2v) is 5.74. The molecule has 1 fully saturated rings. The molecule has 0 spiro atoms. The molecule has 24 heavy (non-hydrogen) atoms. The van der Waals surface area contributed by atoms with E-state index < -0.39 is 4.92 Å². The average molecular weight is 324 g/mol. The predicted octanol–water partition coefficient (Wildman–Crippen LogP) is 3.83. The Kier molecular flexibility index (Phi) is 5.36. The Balaban J connectivity index is 1.87. The quantitative estimate of drug-likeness (QED) is 0.648. The van der Waals surface area contributed by atoms with Crippen molar-refractivity contribution in [1.82, 2.24) is 5.32 Å². The van der Waals surface area contributed by atoms with Crippen molar-refractivity contribution >= 4 is 6.08 Å². The molecule has 0 radical (unpaired) electrons. The van der Waals surface area contributed by atoms with Crippen molar-refractivity contribution < 1.29 is 9.66 Å². The highest BCUT2D eigenvalue weighted by Crippen LogP contribution is 2.29. The van der Waals surface area contributed by atoms with Gasteiger partial charge in [0, 0.05) is 6.08 Å². The van der Waals surface area contributed by atoms with Gasteiger partial charge in [0.25, 0.3) is 0 Å². The van der Waals surface area contributed by atoms with Gasteiger partial charge in [-0.3, -0.25) is 15.4 Å². The molecule has 1 N–H and O–H groups in total. The van der Waals surface area contributed by atoms with Crippen LogP contribution in [0.25, 0.3) is 17.2 Å². The number of benzene rings is 2. The van der Waals surface area contributed by atoms with Crippen LogP contribution in [0.3, 0.4) is 0 Å². The number of nitro groups is 1. The van der Waals surface area contributed by atoms with Gasteiger partial charge in [-0.1, -0.05) is 48.5 Å². The molecule has 1 aliphatic heterocycles. The molecule has 0 amide bonds. The summed E-state index contributed by atoms with van der Waals surface area (Å²) in [7, 11) is 0. The van der Waals surface area contributed by atoms with Gasteiger partial charge in [-0.15, -0.1) is 0 Å². The molecule has 0 aromatic heterocycles. The van der Waals surface area contributed by atoms with E-state index in [0.29, 0.717) is 6.61 Å². The summed E-state index contributed by atoms with van der Waals surface area (Å²) < 4.78 is 5.95. The lowest BCUT2D eigenvalue weighted by atomic mass is 9.95. The average Bonchev–Trinajstić information content (AvgIpc) is 3.12. The number of nitrogens with one attached hydrogen (secondary N) is 1. The molecule has 1 heterocycles. The summed E-state index contributed by atoms with van der Waals surface area (Å²) in [6.45, 7) is 1.52. The zero-order chi connectivity index (χ0) is 16.8. The van der Waals surface area contributed by atoms with Crippen LogP contribution in [0.4, 0.5) is 0 Å². The molecule has 1 unspecified atom stereocenters. The summed E-state index contributed by atoms with van der Waals surface area (Å²) in [5, 5.41) is 14.0. The standard InChI is InChI=1S/C19H20N2O3/c22-21(23)13-11-15-6-1-3-8-17(15)18-9-4-2-7-16(18)14-24-19-10-5-12-20-19/h1-4,6-9,11,13,19-20H,5,10,12,14H2. The molecule has 124 valence electrons. The minimum absolute atomic E-state index is 0.114. The van der Waals surface area contributed by atoms with E-state index in [1.165, 1.54) is 6.08 Å². The Bertz CT molecular complexity index is 737. The van der Waals surface area contributed by atoms with Crippen molar-refractivity contribution in [1.29, 1.82) is 0 Å². The highest BCUT2D eigenvalue weighted by Gasteiger charge is 2.15. The molecule has 3 rings (SSSR count). The highest BCUT2D eigenvalue weighted by atomic mass is 16.6. The molecule has 5 heteroatoms. The molecule has 1 aliphatic rings. The first-order valence-electron chi connectivity index (χ1n) is 8.08. The second-order valence-electron chi connectivity index (χ2n) is 5.74. The van der Waals surface area contributed by atoms with E-state index in [9.17, 15) is 10.1 Å². The molecule has 1 saturated heterocycles. The number of rotatable bonds is 6. The van der Waals surface area contributed by atoms with E-state index in [0.717, 1.165) is 47.8 Å². The molecule has 2 aromatic carbocycles. The third-order valence-electron chi connectivity index (χ3n) is 4.10. The summed E-state index contributed by atoms with van der Waals surface area (Å²) in [5.41, 5.74) is 3.90. The van der Waals surface area contributed by atoms with Crippen LogP contribution in [0.2, 0.25) is 0 Å². The number of ether oxygens (including phenoxy) is 1. The predicted molar refractivity (Wildman–Crippen MR) is 93.7 cm³/mol. The Morgan fingerprint density at radius 3 is 2.67 bits per heavy atom. The third-order valence-corrected chi connectivity index (χ3v) is 4.10. The van der Waals surface area contributed by atoms with Crippen LogP contribution in [0.15, 0.2) is 54.7 Å². The fraction of sp³-hybridized carbons (Fsp3) is 0.263. The first-order chi connectivity index (χ1) is 11.7. The van der Waals surface area contributed by atoms with Gasteiger partial charge in [0.2, 0.25) is 6.20 Å². The smallest absolute Gasteiger partial charge is 0.235 e. The maximum atomic E-state index is 10.6. The molecule has 0 aliphatic carbocycles. The second kappa shape index (κ2) is 7.86. The Morgan fingerprint density at radius 2 is 1.92 bits per heavy atom. The van der Waals surface area contributed by atoms with Crippen molar-refractivity contribution in [3.8, 4) is 11.1 Å². The first kappa shape index (κ1) is 16.4. The lowest BCUT2D eigenvalue weighted by Gasteiger charge is -2.15. The Morgan fingerprint density at radius 1 is 1.17 bits per heavy atom. The van der Waals surface area contributed by atoms with Crippen LogP contribution in [-0.4, -0.2) is 17.7 Å². The van der Waals surface area contributed by atoms with Gasteiger partial charge in [-0.2, -0.15) is 0 Å².